The molecule has 5 heteroatoms. The standard InChI is InChI=1S/C36H40N2O3/c1-27(2)25-37-36(40)34(23-28-14-7-4-8-15-28)38(26-29-16-13-21-32(22-29)41-3)35(39)24-33(30-17-9-5-10-18-30)31-19-11-6-12-20-31/h4-22,27,33-34H,23-26H2,1-3H3,(H,37,40). The van der Waals surface area contributed by atoms with Crippen LogP contribution >= 0.6 is 0 Å². The van der Waals surface area contributed by atoms with Crippen LogP contribution < -0.4 is 10.1 Å². The van der Waals surface area contributed by atoms with Crippen molar-refractivity contribution in [3.8, 4) is 5.75 Å². The molecule has 41 heavy (non-hydrogen) atoms. The SMILES string of the molecule is COc1cccc(CN(C(=O)CC(c2ccccc2)c2ccccc2)C(Cc2ccccc2)C(=O)NCC(C)C)c1. The maximum atomic E-state index is 14.4. The number of hydrogen-bond acceptors (Lipinski definition) is 3. The predicted molar refractivity (Wildman–Crippen MR) is 165 cm³/mol. The molecule has 1 N–H and O–H groups in total. The molecular formula is C36H40N2O3. The highest BCUT2D eigenvalue weighted by atomic mass is 16.5. The van der Waals surface area contributed by atoms with Crippen LogP contribution in [0.4, 0.5) is 0 Å². The van der Waals surface area contributed by atoms with Gasteiger partial charge < -0.3 is 15.0 Å². The minimum absolute atomic E-state index is 0.0776. The zero-order chi connectivity index (χ0) is 29.0. The van der Waals surface area contributed by atoms with Crippen molar-refractivity contribution in [1.82, 2.24) is 10.2 Å². The molecule has 212 valence electrons. The fourth-order valence-electron chi connectivity index (χ4n) is 5.03. The summed E-state index contributed by atoms with van der Waals surface area (Å²) in [4.78, 5) is 30.0. The van der Waals surface area contributed by atoms with Crippen molar-refractivity contribution in [2.24, 2.45) is 5.92 Å². The summed E-state index contributed by atoms with van der Waals surface area (Å²) >= 11 is 0. The Morgan fingerprint density at radius 2 is 1.32 bits per heavy atom. The highest BCUT2D eigenvalue weighted by molar-refractivity contribution is 5.88. The molecule has 4 aromatic rings. The van der Waals surface area contributed by atoms with Gasteiger partial charge in [0.05, 0.1) is 7.11 Å². The van der Waals surface area contributed by atoms with Gasteiger partial charge in [0, 0.05) is 31.8 Å². The highest BCUT2D eigenvalue weighted by Crippen LogP contribution is 2.30. The van der Waals surface area contributed by atoms with E-state index in [0.717, 1.165) is 22.3 Å². The first-order valence-electron chi connectivity index (χ1n) is 14.3. The van der Waals surface area contributed by atoms with Gasteiger partial charge in [-0.15, -0.1) is 0 Å². The van der Waals surface area contributed by atoms with Gasteiger partial charge >= 0.3 is 0 Å². The monoisotopic (exact) mass is 548 g/mol. The van der Waals surface area contributed by atoms with Crippen LogP contribution in [0.5, 0.6) is 5.75 Å². The van der Waals surface area contributed by atoms with E-state index in [1.807, 2.05) is 91.0 Å². The van der Waals surface area contributed by atoms with Gasteiger partial charge in [0.15, 0.2) is 0 Å². The van der Waals surface area contributed by atoms with Crippen molar-refractivity contribution < 1.29 is 14.3 Å². The first-order valence-corrected chi connectivity index (χ1v) is 14.3. The average molecular weight is 549 g/mol. The lowest BCUT2D eigenvalue weighted by Crippen LogP contribution is -2.51. The molecule has 0 heterocycles. The van der Waals surface area contributed by atoms with Crippen molar-refractivity contribution >= 4 is 11.8 Å². The summed E-state index contributed by atoms with van der Waals surface area (Å²) in [5, 5.41) is 3.11. The third-order valence-electron chi connectivity index (χ3n) is 7.23. The van der Waals surface area contributed by atoms with Gasteiger partial charge in [-0.3, -0.25) is 9.59 Å². The Morgan fingerprint density at radius 3 is 1.88 bits per heavy atom. The van der Waals surface area contributed by atoms with Crippen LogP contribution in [0.15, 0.2) is 115 Å². The van der Waals surface area contributed by atoms with Crippen LogP contribution in [0.25, 0.3) is 0 Å². The van der Waals surface area contributed by atoms with Crippen LogP contribution in [0.3, 0.4) is 0 Å². The quantitative estimate of drug-likeness (QED) is 0.204. The Bertz CT molecular complexity index is 1330. The molecule has 4 rings (SSSR count). The molecule has 2 amide bonds. The molecule has 0 bridgehead atoms. The van der Waals surface area contributed by atoms with Gasteiger partial charge in [-0.25, -0.2) is 0 Å². The topological polar surface area (TPSA) is 58.6 Å². The Labute approximate surface area is 244 Å². The van der Waals surface area contributed by atoms with Crippen LogP contribution in [-0.4, -0.2) is 36.4 Å². The molecule has 0 fully saturated rings. The van der Waals surface area contributed by atoms with Crippen molar-refractivity contribution in [3.05, 3.63) is 138 Å². The second-order valence-electron chi connectivity index (χ2n) is 10.8. The molecule has 0 aliphatic carbocycles. The number of rotatable bonds is 13. The smallest absolute Gasteiger partial charge is 0.243 e. The molecule has 5 nitrogen and oxygen atoms in total. The summed E-state index contributed by atoms with van der Waals surface area (Å²) in [5.74, 6) is 0.638. The lowest BCUT2D eigenvalue weighted by molar-refractivity contribution is -0.141. The lowest BCUT2D eigenvalue weighted by Gasteiger charge is -2.33. The van der Waals surface area contributed by atoms with Gasteiger partial charge in [0.25, 0.3) is 0 Å². The van der Waals surface area contributed by atoms with Gasteiger partial charge in [-0.2, -0.15) is 0 Å². The van der Waals surface area contributed by atoms with E-state index in [2.05, 4.69) is 43.4 Å². The van der Waals surface area contributed by atoms with Crippen molar-refractivity contribution in [3.63, 3.8) is 0 Å². The molecule has 1 unspecified atom stereocenters. The predicted octanol–water partition coefficient (Wildman–Crippen LogP) is 6.63. The number of carbonyl (C=O) groups is 2. The fourth-order valence-corrected chi connectivity index (χ4v) is 5.03. The van der Waals surface area contributed by atoms with E-state index in [1.165, 1.54) is 0 Å². The zero-order valence-corrected chi connectivity index (χ0v) is 24.2. The summed E-state index contributed by atoms with van der Waals surface area (Å²) in [6.45, 7) is 4.97. The van der Waals surface area contributed by atoms with E-state index in [1.54, 1.807) is 12.0 Å². The molecule has 0 spiro atoms. The third kappa shape index (κ3) is 8.55. The van der Waals surface area contributed by atoms with Crippen LogP contribution in [0, 0.1) is 5.92 Å². The molecule has 0 aromatic heterocycles. The van der Waals surface area contributed by atoms with E-state index in [4.69, 9.17) is 4.74 Å². The largest absolute Gasteiger partial charge is 0.497 e. The Morgan fingerprint density at radius 1 is 0.756 bits per heavy atom. The number of nitrogens with zero attached hydrogens (tertiary/aromatic N) is 1. The number of amides is 2. The first-order chi connectivity index (χ1) is 19.9. The fraction of sp³-hybridized carbons (Fsp3) is 0.278. The number of ether oxygens (including phenoxy) is 1. The molecule has 1 atom stereocenters. The molecule has 0 saturated carbocycles. The minimum Gasteiger partial charge on any atom is -0.497 e. The number of benzene rings is 4. The third-order valence-corrected chi connectivity index (χ3v) is 7.23. The molecule has 0 radical (unpaired) electrons. The van der Waals surface area contributed by atoms with E-state index in [9.17, 15) is 9.59 Å². The summed E-state index contributed by atoms with van der Waals surface area (Å²) in [5.41, 5.74) is 4.04. The van der Waals surface area contributed by atoms with E-state index < -0.39 is 6.04 Å². The molecule has 0 aliphatic rings. The number of carbonyl (C=O) groups excluding carboxylic acids is 2. The normalized spacial score (nSPS) is 11.7. The highest BCUT2D eigenvalue weighted by Gasteiger charge is 2.32. The molecular weight excluding hydrogens is 508 g/mol. The van der Waals surface area contributed by atoms with Crippen LogP contribution in [0.1, 0.15) is 48.4 Å². The number of hydrogen-bond donors (Lipinski definition) is 1. The summed E-state index contributed by atoms with van der Waals surface area (Å²) in [7, 11) is 1.63. The van der Waals surface area contributed by atoms with Crippen molar-refractivity contribution in [2.45, 2.75) is 45.2 Å². The summed E-state index contributed by atoms with van der Waals surface area (Å²) < 4.78 is 5.46. The van der Waals surface area contributed by atoms with E-state index in [-0.39, 0.29) is 24.2 Å². The molecule has 4 aromatic carbocycles. The minimum atomic E-state index is -0.679. The van der Waals surface area contributed by atoms with Gasteiger partial charge in [0.1, 0.15) is 11.8 Å². The molecule has 0 aliphatic heterocycles. The van der Waals surface area contributed by atoms with Crippen LogP contribution in [0.2, 0.25) is 0 Å². The summed E-state index contributed by atoms with van der Waals surface area (Å²) in [6, 6.07) is 37.2. The maximum absolute atomic E-state index is 14.4. The van der Waals surface area contributed by atoms with Crippen LogP contribution in [-0.2, 0) is 22.6 Å². The Balaban J connectivity index is 1.73. The summed E-state index contributed by atoms with van der Waals surface area (Å²) in [6.07, 6.45) is 0.655. The zero-order valence-electron chi connectivity index (χ0n) is 24.2. The maximum Gasteiger partial charge on any atom is 0.243 e. The average Bonchev–Trinajstić information content (AvgIpc) is 3.01. The molecule has 0 saturated heterocycles. The second kappa shape index (κ2) is 14.8. The van der Waals surface area contributed by atoms with Crippen molar-refractivity contribution in [2.75, 3.05) is 13.7 Å². The lowest BCUT2D eigenvalue weighted by atomic mass is 9.87. The van der Waals surface area contributed by atoms with Gasteiger partial charge in [-0.1, -0.05) is 117 Å². The Hall–Kier alpha value is -4.38. The van der Waals surface area contributed by atoms with E-state index >= 15 is 0 Å². The first kappa shape index (κ1) is 29.6. The Kier molecular flexibility index (Phi) is 10.7. The van der Waals surface area contributed by atoms with Gasteiger partial charge in [-0.05, 0) is 40.3 Å². The van der Waals surface area contributed by atoms with Gasteiger partial charge in [0.2, 0.25) is 11.8 Å². The van der Waals surface area contributed by atoms with Crippen molar-refractivity contribution in [1.29, 1.82) is 0 Å². The van der Waals surface area contributed by atoms with E-state index in [0.29, 0.717) is 31.2 Å². The number of nitrogens with one attached hydrogen (secondary N) is 1. The number of methoxy groups -OCH3 is 1. The second-order valence-corrected chi connectivity index (χ2v) is 10.8.